The number of carbonyl (C=O) groups excluding carboxylic acids is 4. The Labute approximate surface area is 280 Å². The molecule has 0 spiro atoms. The summed E-state index contributed by atoms with van der Waals surface area (Å²) in [5.74, 6) is 10.6. The molecule has 2 aromatic heterocycles. The predicted molar refractivity (Wildman–Crippen MR) is 183 cm³/mol. The van der Waals surface area contributed by atoms with Gasteiger partial charge in [-0.05, 0) is 49.2 Å². The van der Waals surface area contributed by atoms with Gasteiger partial charge in [-0.2, -0.15) is 0 Å². The molecule has 0 fully saturated rings. The zero-order valence-electron chi connectivity index (χ0n) is 27.3. The Kier molecular flexibility index (Phi) is 9.73. The number of hydrogen-bond acceptors (Lipinski definition) is 6. The van der Waals surface area contributed by atoms with E-state index in [9.17, 15) is 19.2 Å². The summed E-state index contributed by atoms with van der Waals surface area (Å²) in [5.41, 5.74) is 2.97. The third kappa shape index (κ3) is 6.22. The van der Waals surface area contributed by atoms with Crippen molar-refractivity contribution in [2.45, 2.75) is 65.2 Å². The van der Waals surface area contributed by atoms with Gasteiger partial charge in [0.1, 0.15) is 0 Å². The maximum Gasteiger partial charge on any atom is 0.262 e. The third-order valence-electron chi connectivity index (χ3n) is 8.79. The molecular formula is C40H36N4O4. The SMILES string of the molecule is CCCCCCN1C(=O)c2cc(C#Cc3ccncc3)c3c4c(cc(C#Cc5ccncc5)c(c24)C1=O)C(=O)N(CCCCCC)C3=O. The molecule has 0 radical (unpaired) electrons. The number of imide groups is 2. The van der Waals surface area contributed by atoms with E-state index < -0.39 is 23.6 Å². The Morgan fingerprint density at radius 3 is 1.29 bits per heavy atom. The van der Waals surface area contributed by atoms with Gasteiger partial charge in [-0.15, -0.1) is 0 Å². The van der Waals surface area contributed by atoms with Gasteiger partial charge >= 0.3 is 0 Å². The van der Waals surface area contributed by atoms with Crippen LogP contribution in [0, 0.1) is 23.7 Å². The zero-order chi connectivity index (χ0) is 33.6. The summed E-state index contributed by atoms with van der Waals surface area (Å²) in [7, 11) is 0. The fourth-order valence-electron chi connectivity index (χ4n) is 6.31. The molecular weight excluding hydrogens is 600 g/mol. The molecule has 4 aromatic rings. The topological polar surface area (TPSA) is 101 Å². The van der Waals surface area contributed by atoms with Crippen LogP contribution in [-0.4, -0.2) is 56.5 Å². The van der Waals surface area contributed by atoms with Crippen molar-refractivity contribution in [2.75, 3.05) is 13.1 Å². The van der Waals surface area contributed by atoms with Gasteiger partial charge in [0, 0.05) is 82.0 Å². The Hall–Kier alpha value is -5.60. The second-order valence-electron chi connectivity index (χ2n) is 12.1. The third-order valence-corrected chi connectivity index (χ3v) is 8.79. The Bertz CT molecular complexity index is 1900. The minimum absolute atomic E-state index is 0.229. The monoisotopic (exact) mass is 636 g/mol. The molecule has 0 N–H and O–H groups in total. The van der Waals surface area contributed by atoms with E-state index in [0.29, 0.717) is 45.9 Å². The first-order chi connectivity index (χ1) is 23.4. The lowest BCUT2D eigenvalue weighted by Gasteiger charge is -2.33. The van der Waals surface area contributed by atoms with E-state index >= 15 is 0 Å². The van der Waals surface area contributed by atoms with Crippen molar-refractivity contribution in [2.24, 2.45) is 0 Å². The van der Waals surface area contributed by atoms with Crippen LogP contribution < -0.4 is 0 Å². The van der Waals surface area contributed by atoms with Crippen molar-refractivity contribution < 1.29 is 19.2 Å². The van der Waals surface area contributed by atoms with Gasteiger partial charge in [0.25, 0.3) is 23.6 Å². The summed E-state index contributed by atoms with van der Waals surface area (Å²) in [6, 6.07) is 10.3. The van der Waals surface area contributed by atoms with Crippen molar-refractivity contribution in [3.63, 3.8) is 0 Å². The minimum atomic E-state index is -0.474. The normalized spacial score (nSPS) is 13.4. The summed E-state index contributed by atoms with van der Waals surface area (Å²) < 4.78 is 0. The van der Waals surface area contributed by atoms with E-state index in [4.69, 9.17) is 0 Å². The van der Waals surface area contributed by atoms with Crippen molar-refractivity contribution in [3.05, 3.63) is 106 Å². The first kappa shape index (κ1) is 32.3. The summed E-state index contributed by atoms with van der Waals surface area (Å²) in [6.07, 6.45) is 13.6. The molecule has 2 aliphatic heterocycles. The van der Waals surface area contributed by atoms with Crippen LogP contribution in [0.4, 0.5) is 0 Å². The molecule has 8 nitrogen and oxygen atoms in total. The number of unbranched alkanes of at least 4 members (excludes halogenated alkanes) is 6. The lowest BCUT2D eigenvalue weighted by Crippen LogP contribution is -2.44. The van der Waals surface area contributed by atoms with Crippen molar-refractivity contribution in [3.8, 4) is 23.7 Å². The molecule has 0 saturated heterocycles. The highest BCUT2D eigenvalue weighted by molar-refractivity contribution is 6.34. The number of aromatic nitrogens is 2. The van der Waals surface area contributed by atoms with Gasteiger partial charge in [0.05, 0.1) is 11.1 Å². The van der Waals surface area contributed by atoms with Gasteiger partial charge in [-0.1, -0.05) is 76.1 Å². The van der Waals surface area contributed by atoms with Crippen molar-refractivity contribution >= 4 is 34.4 Å². The van der Waals surface area contributed by atoms with E-state index in [1.165, 1.54) is 9.80 Å². The highest BCUT2D eigenvalue weighted by Gasteiger charge is 2.42. The molecule has 6 rings (SSSR count). The Morgan fingerprint density at radius 1 is 0.521 bits per heavy atom. The molecule has 2 aliphatic rings. The summed E-state index contributed by atoms with van der Waals surface area (Å²) in [4.78, 5) is 67.6. The number of hydrogen-bond donors (Lipinski definition) is 0. The zero-order valence-corrected chi connectivity index (χ0v) is 27.3. The first-order valence-electron chi connectivity index (χ1n) is 16.7. The Balaban J connectivity index is 1.61. The molecule has 2 aromatic carbocycles. The van der Waals surface area contributed by atoms with E-state index in [-0.39, 0.29) is 35.3 Å². The van der Waals surface area contributed by atoms with Crippen LogP contribution in [0.3, 0.4) is 0 Å². The van der Waals surface area contributed by atoms with E-state index in [0.717, 1.165) is 38.5 Å². The highest BCUT2D eigenvalue weighted by Crippen LogP contribution is 2.41. The maximum atomic E-state index is 14.3. The van der Waals surface area contributed by atoms with Gasteiger partial charge in [-0.25, -0.2) is 0 Å². The Morgan fingerprint density at radius 2 is 0.917 bits per heavy atom. The van der Waals surface area contributed by atoms with Crippen LogP contribution in [-0.2, 0) is 0 Å². The lowest BCUT2D eigenvalue weighted by atomic mass is 9.81. The summed E-state index contributed by atoms with van der Waals surface area (Å²) >= 11 is 0. The van der Waals surface area contributed by atoms with E-state index in [2.05, 4.69) is 47.5 Å². The van der Waals surface area contributed by atoms with Gasteiger partial charge in [0.15, 0.2) is 0 Å². The second-order valence-corrected chi connectivity index (χ2v) is 12.1. The number of carbonyl (C=O) groups is 4. The molecule has 4 amide bonds. The second kappa shape index (κ2) is 14.4. The van der Waals surface area contributed by atoms with Crippen molar-refractivity contribution in [1.29, 1.82) is 0 Å². The summed E-state index contributed by atoms with van der Waals surface area (Å²) in [5, 5.41) is 0.589. The largest absolute Gasteiger partial charge is 0.274 e. The number of amides is 4. The quantitative estimate of drug-likeness (QED) is 0.108. The lowest BCUT2D eigenvalue weighted by molar-refractivity contribution is 0.0585. The fourth-order valence-corrected chi connectivity index (χ4v) is 6.31. The van der Waals surface area contributed by atoms with Crippen LogP contribution in [0.15, 0.2) is 61.2 Å². The molecule has 4 heterocycles. The summed E-state index contributed by atoms with van der Waals surface area (Å²) in [6.45, 7) is 4.70. The molecule has 0 bridgehead atoms. The van der Waals surface area contributed by atoms with Gasteiger partial charge < -0.3 is 0 Å². The van der Waals surface area contributed by atoms with Crippen LogP contribution in [0.1, 0.15) is 129 Å². The van der Waals surface area contributed by atoms with Crippen molar-refractivity contribution in [1.82, 2.24) is 19.8 Å². The highest BCUT2D eigenvalue weighted by atomic mass is 16.2. The van der Waals surface area contributed by atoms with Crippen LogP contribution in [0.2, 0.25) is 0 Å². The average molecular weight is 637 g/mol. The number of nitrogens with zero attached hydrogens (tertiary/aromatic N) is 4. The minimum Gasteiger partial charge on any atom is -0.274 e. The smallest absolute Gasteiger partial charge is 0.262 e. The maximum absolute atomic E-state index is 14.3. The number of benzene rings is 2. The fraction of sp³-hybridized carbons (Fsp3) is 0.300. The van der Waals surface area contributed by atoms with E-state index in [1.54, 1.807) is 61.2 Å². The number of pyridine rings is 2. The number of rotatable bonds is 10. The first-order valence-corrected chi connectivity index (χ1v) is 16.7. The molecule has 0 saturated carbocycles. The average Bonchev–Trinajstić information content (AvgIpc) is 3.11. The standard InChI is InChI=1S/C40H36N4O4/c1-3-5-7-9-23-43-37(45)31-25-30(14-12-28-17-21-42-22-18-28)34-36-32(38(46)44(40(34)48)24-10-8-6-4-2)26-29(33(35(31)36)39(43)47)13-11-27-15-19-41-20-16-27/h15-22,25-26H,3-10,23-24H2,1-2H3. The van der Waals surface area contributed by atoms with Gasteiger partial charge in [0.2, 0.25) is 0 Å². The van der Waals surface area contributed by atoms with E-state index in [1.807, 2.05) is 0 Å². The molecule has 0 unspecified atom stereocenters. The van der Waals surface area contributed by atoms with Crippen LogP contribution in [0.5, 0.6) is 0 Å². The molecule has 0 atom stereocenters. The van der Waals surface area contributed by atoms with Crippen LogP contribution in [0.25, 0.3) is 10.8 Å². The molecule has 240 valence electrons. The predicted octanol–water partition coefficient (Wildman–Crippen LogP) is 6.78. The molecule has 8 heteroatoms. The molecule has 48 heavy (non-hydrogen) atoms. The van der Waals surface area contributed by atoms with Crippen LogP contribution >= 0.6 is 0 Å². The molecule has 0 aliphatic carbocycles. The van der Waals surface area contributed by atoms with Gasteiger partial charge in [-0.3, -0.25) is 38.9 Å².